The highest BCUT2D eigenvalue weighted by Gasteiger charge is 2.16. The average molecular weight is 495 g/mol. The molecule has 3 rings (SSSR count). The second-order valence-electron chi connectivity index (χ2n) is 6.70. The number of hydrogen-bond donors (Lipinski definition) is 2. The lowest BCUT2D eigenvalue weighted by molar-refractivity contribution is -0.115. The highest BCUT2D eigenvalue weighted by molar-refractivity contribution is 7.92. The Morgan fingerprint density at radius 1 is 0.844 bits per heavy atom. The fraction of sp³-hybridized carbons (Fsp3) is 0.136. The van der Waals surface area contributed by atoms with Crippen LogP contribution in [0.15, 0.2) is 65.6 Å². The monoisotopic (exact) mass is 494 g/mol. The quantitative estimate of drug-likeness (QED) is 0.459. The van der Waals surface area contributed by atoms with Gasteiger partial charge in [-0.15, -0.1) is 0 Å². The Morgan fingerprint density at radius 2 is 1.47 bits per heavy atom. The van der Waals surface area contributed by atoms with Gasteiger partial charge in [-0.3, -0.25) is 9.52 Å². The van der Waals surface area contributed by atoms with E-state index >= 15 is 0 Å². The molecule has 0 saturated heterocycles. The number of hydrogen-bond acceptors (Lipinski definition) is 5. The number of nitrogens with one attached hydrogen (secondary N) is 2. The number of halogens is 2. The topological polar surface area (TPSA) is 93.7 Å². The Morgan fingerprint density at radius 3 is 2.03 bits per heavy atom. The van der Waals surface area contributed by atoms with Crippen LogP contribution in [-0.2, 0) is 21.2 Å². The van der Waals surface area contributed by atoms with Crippen LogP contribution in [-0.4, -0.2) is 28.5 Å². The Kier molecular flexibility index (Phi) is 7.50. The Hall–Kier alpha value is -2.94. The molecule has 2 N–H and O–H groups in total. The maximum atomic E-state index is 12.5. The number of sulfonamides is 1. The van der Waals surface area contributed by atoms with Crippen molar-refractivity contribution < 1.29 is 22.7 Å². The van der Waals surface area contributed by atoms with Crippen molar-refractivity contribution in [3.63, 3.8) is 0 Å². The summed E-state index contributed by atoms with van der Waals surface area (Å²) in [7, 11) is -0.788. The molecule has 0 fully saturated rings. The first-order chi connectivity index (χ1) is 15.2. The van der Waals surface area contributed by atoms with Gasteiger partial charge in [0.05, 0.1) is 35.6 Å². The van der Waals surface area contributed by atoms with Crippen LogP contribution in [0.1, 0.15) is 5.56 Å². The number of methoxy groups -OCH3 is 2. The van der Waals surface area contributed by atoms with E-state index < -0.39 is 10.0 Å². The van der Waals surface area contributed by atoms with E-state index in [2.05, 4.69) is 10.0 Å². The molecule has 0 bridgehead atoms. The van der Waals surface area contributed by atoms with Crippen LogP contribution >= 0.6 is 23.2 Å². The molecule has 0 spiro atoms. The molecule has 3 aromatic rings. The van der Waals surface area contributed by atoms with E-state index in [0.29, 0.717) is 28.4 Å². The Labute approximate surface area is 196 Å². The van der Waals surface area contributed by atoms with Crippen LogP contribution < -0.4 is 19.5 Å². The molecule has 10 heteroatoms. The van der Waals surface area contributed by atoms with E-state index in [1.807, 2.05) is 0 Å². The van der Waals surface area contributed by atoms with Gasteiger partial charge in [0.1, 0.15) is 11.5 Å². The molecule has 0 heterocycles. The number of benzene rings is 3. The Balaban J connectivity index is 1.65. The third kappa shape index (κ3) is 6.06. The zero-order valence-corrected chi connectivity index (χ0v) is 19.5. The van der Waals surface area contributed by atoms with E-state index in [4.69, 9.17) is 32.7 Å². The standard InChI is InChI=1S/C22H20Cl2N2O5S/c1-30-17-10-16(11-18(12-17)31-2)25-22(27)9-14-3-5-15(6-4-14)26-32(28,29)19-7-8-20(23)21(24)13-19/h3-8,10-13,26H,9H2,1-2H3,(H,25,27). The molecule has 3 aromatic carbocycles. The summed E-state index contributed by atoms with van der Waals surface area (Å²) in [6, 6.07) is 15.6. The van der Waals surface area contributed by atoms with Gasteiger partial charge in [-0.25, -0.2) is 8.42 Å². The van der Waals surface area contributed by atoms with Gasteiger partial charge in [0.25, 0.3) is 10.0 Å². The number of carbonyl (C=O) groups is 1. The van der Waals surface area contributed by atoms with Crippen molar-refractivity contribution in [2.75, 3.05) is 24.3 Å². The van der Waals surface area contributed by atoms with Crippen molar-refractivity contribution in [1.82, 2.24) is 0 Å². The number of anilines is 2. The molecule has 32 heavy (non-hydrogen) atoms. The molecular formula is C22H20Cl2N2O5S. The fourth-order valence-electron chi connectivity index (χ4n) is 2.82. The molecule has 0 aromatic heterocycles. The predicted molar refractivity (Wildman–Crippen MR) is 126 cm³/mol. The highest BCUT2D eigenvalue weighted by atomic mass is 35.5. The van der Waals surface area contributed by atoms with Crippen molar-refractivity contribution in [1.29, 1.82) is 0 Å². The lowest BCUT2D eigenvalue weighted by atomic mass is 10.1. The molecule has 0 aliphatic carbocycles. The van der Waals surface area contributed by atoms with Crippen LogP contribution in [0, 0.1) is 0 Å². The predicted octanol–water partition coefficient (Wildman–Crippen LogP) is 4.99. The maximum Gasteiger partial charge on any atom is 0.261 e. The second kappa shape index (κ2) is 10.1. The van der Waals surface area contributed by atoms with Crippen molar-refractivity contribution in [3.8, 4) is 11.5 Å². The van der Waals surface area contributed by atoms with E-state index in [0.717, 1.165) is 0 Å². The summed E-state index contributed by atoms with van der Waals surface area (Å²) in [6.07, 6.45) is 0.0966. The van der Waals surface area contributed by atoms with E-state index in [1.54, 1.807) is 42.5 Å². The molecule has 0 atom stereocenters. The van der Waals surface area contributed by atoms with E-state index in [-0.39, 0.29) is 27.3 Å². The molecular weight excluding hydrogens is 475 g/mol. The van der Waals surface area contributed by atoms with Crippen LogP contribution in [0.5, 0.6) is 11.5 Å². The lowest BCUT2D eigenvalue weighted by Gasteiger charge is -2.11. The van der Waals surface area contributed by atoms with Crippen LogP contribution in [0.4, 0.5) is 11.4 Å². The van der Waals surface area contributed by atoms with Crippen LogP contribution in [0.2, 0.25) is 10.0 Å². The van der Waals surface area contributed by atoms with E-state index in [1.165, 1.54) is 32.4 Å². The first-order valence-electron chi connectivity index (χ1n) is 9.30. The zero-order chi connectivity index (χ0) is 23.3. The molecule has 0 aliphatic heterocycles. The summed E-state index contributed by atoms with van der Waals surface area (Å²) in [5.41, 5.74) is 1.59. The third-order valence-electron chi connectivity index (χ3n) is 4.41. The minimum atomic E-state index is -3.84. The fourth-order valence-corrected chi connectivity index (χ4v) is 4.27. The highest BCUT2D eigenvalue weighted by Crippen LogP contribution is 2.27. The number of rotatable bonds is 8. The van der Waals surface area contributed by atoms with Crippen molar-refractivity contribution in [2.24, 2.45) is 0 Å². The van der Waals surface area contributed by atoms with Crippen molar-refractivity contribution >= 4 is 50.5 Å². The van der Waals surface area contributed by atoms with Crippen molar-refractivity contribution in [2.45, 2.75) is 11.3 Å². The number of amides is 1. The normalized spacial score (nSPS) is 11.0. The minimum Gasteiger partial charge on any atom is -0.497 e. The molecule has 0 saturated carbocycles. The summed E-state index contributed by atoms with van der Waals surface area (Å²) in [6.45, 7) is 0. The average Bonchev–Trinajstić information content (AvgIpc) is 2.76. The van der Waals surface area contributed by atoms with Gasteiger partial charge in [-0.2, -0.15) is 0 Å². The summed E-state index contributed by atoms with van der Waals surface area (Å²) in [5, 5.41) is 3.20. The Bertz CT molecular complexity index is 1210. The number of ether oxygens (including phenoxy) is 2. The van der Waals surface area contributed by atoms with Gasteiger partial charge in [0, 0.05) is 29.6 Å². The summed E-state index contributed by atoms with van der Waals surface area (Å²) < 4.78 is 37.9. The minimum absolute atomic E-state index is 0.0101. The first-order valence-corrected chi connectivity index (χ1v) is 11.5. The summed E-state index contributed by atoms with van der Waals surface area (Å²) in [5.74, 6) is 0.862. The van der Waals surface area contributed by atoms with Gasteiger partial charge >= 0.3 is 0 Å². The molecule has 1 amide bonds. The van der Waals surface area contributed by atoms with Crippen LogP contribution in [0.3, 0.4) is 0 Å². The van der Waals surface area contributed by atoms with Gasteiger partial charge in [-0.1, -0.05) is 35.3 Å². The maximum absolute atomic E-state index is 12.5. The largest absolute Gasteiger partial charge is 0.497 e. The third-order valence-corrected chi connectivity index (χ3v) is 6.53. The smallest absolute Gasteiger partial charge is 0.261 e. The molecule has 7 nitrogen and oxygen atoms in total. The molecule has 168 valence electrons. The van der Waals surface area contributed by atoms with Gasteiger partial charge in [0.2, 0.25) is 5.91 Å². The van der Waals surface area contributed by atoms with E-state index in [9.17, 15) is 13.2 Å². The van der Waals surface area contributed by atoms with Gasteiger partial charge in [-0.05, 0) is 35.9 Å². The molecule has 0 unspecified atom stereocenters. The summed E-state index contributed by atoms with van der Waals surface area (Å²) >= 11 is 11.7. The van der Waals surface area contributed by atoms with Crippen molar-refractivity contribution in [3.05, 3.63) is 76.3 Å². The SMILES string of the molecule is COc1cc(NC(=O)Cc2ccc(NS(=O)(=O)c3ccc(Cl)c(Cl)c3)cc2)cc(OC)c1. The lowest BCUT2D eigenvalue weighted by Crippen LogP contribution is -2.15. The number of carbonyl (C=O) groups excluding carboxylic acids is 1. The molecule has 0 aliphatic rings. The van der Waals surface area contributed by atoms with Crippen LogP contribution in [0.25, 0.3) is 0 Å². The second-order valence-corrected chi connectivity index (χ2v) is 9.20. The first kappa shape index (κ1) is 23.7. The zero-order valence-electron chi connectivity index (χ0n) is 17.2. The molecule has 0 radical (unpaired) electrons. The van der Waals surface area contributed by atoms with Gasteiger partial charge < -0.3 is 14.8 Å². The summed E-state index contributed by atoms with van der Waals surface area (Å²) in [4.78, 5) is 12.4. The van der Waals surface area contributed by atoms with Gasteiger partial charge in [0.15, 0.2) is 0 Å².